The molecule has 0 aliphatic carbocycles. The monoisotopic (exact) mass is 396 g/mol. The summed E-state index contributed by atoms with van der Waals surface area (Å²) in [6.07, 6.45) is 0. The third-order valence-electron chi connectivity index (χ3n) is 4.95. The van der Waals surface area contributed by atoms with E-state index < -0.39 is 0 Å². The Kier molecular flexibility index (Phi) is 6.13. The lowest BCUT2D eigenvalue weighted by atomic mass is 9.98. The van der Waals surface area contributed by atoms with Crippen molar-refractivity contribution < 1.29 is 4.74 Å². The van der Waals surface area contributed by atoms with Crippen LogP contribution in [0.3, 0.4) is 0 Å². The minimum atomic E-state index is -0.204. The summed E-state index contributed by atoms with van der Waals surface area (Å²) < 4.78 is 5.82. The quantitative estimate of drug-likeness (QED) is 0.388. The van der Waals surface area contributed by atoms with Crippen LogP contribution in [0.25, 0.3) is 10.8 Å². The molecule has 0 saturated carbocycles. The molecule has 0 aliphatic rings. The Hall–Kier alpha value is -3.54. The van der Waals surface area contributed by atoms with Crippen LogP contribution in [0.2, 0.25) is 0 Å². The average Bonchev–Trinajstić information content (AvgIpc) is 2.82. The first kappa shape index (κ1) is 19.8. The van der Waals surface area contributed by atoms with Gasteiger partial charge in [-0.2, -0.15) is 5.11 Å². The fourth-order valence-electron chi connectivity index (χ4n) is 3.31. The molecule has 4 aromatic carbocycles. The van der Waals surface area contributed by atoms with Crippen molar-refractivity contribution in [3.8, 4) is 5.75 Å². The highest BCUT2D eigenvalue weighted by Gasteiger charge is 2.10. The predicted molar refractivity (Wildman–Crippen MR) is 121 cm³/mol. The van der Waals surface area contributed by atoms with Crippen LogP contribution in [0, 0.1) is 0 Å². The molecule has 4 rings (SSSR count). The summed E-state index contributed by atoms with van der Waals surface area (Å²) in [4.78, 5) is 0. The minimum absolute atomic E-state index is 0.204. The van der Waals surface area contributed by atoms with Gasteiger partial charge in [-0.05, 0) is 46.8 Å². The Bertz CT molecular complexity index is 1140. The molecule has 0 aliphatic heterocycles. The molecule has 0 fully saturated rings. The molecular weight excluding hydrogens is 372 g/mol. The van der Waals surface area contributed by atoms with Crippen LogP contribution in [0.15, 0.2) is 101 Å². The molecule has 4 aromatic rings. The Morgan fingerprint density at radius 3 is 2.17 bits per heavy atom. The largest absolute Gasteiger partial charge is 0.489 e. The van der Waals surface area contributed by atoms with Crippen LogP contribution in [0.4, 0.5) is 11.4 Å². The van der Waals surface area contributed by atoms with E-state index in [2.05, 4.69) is 10.2 Å². The first-order valence-corrected chi connectivity index (χ1v) is 9.90. The highest BCUT2D eigenvalue weighted by atomic mass is 16.5. The Labute approximate surface area is 176 Å². The van der Waals surface area contributed by atoms with Gasteiger partial charge in [-0.25, -0.2) is 0 Å². The smallest absolute Gasteiger partial charge is 0.119 e. The molecule has 5 nitrogen and oxygen atoms in total. The van der Waals surface area contributed by atoms with Gasteiger partial charge in [-0.15, -0.1) is 5.11 Å². The number of benzene rings is 4. The highest BCUT2D eigenvalue weighted by Crippen LogP contribution is 2.32. The molecule has 0 bridgehead atoms. The number of rotatable bonds is 7. The zero-order chi connectivity index (χ0) is 20.8. The van der Waals surface area contributed by atoms with Gasteiger partial charge < -0.3 is 16.2 Å². The fraction of sp³-hybridized carbons (Fsp3) is 0.120. The third-order valence-corrected chi connectivity index (χ3v) is 4.95. The summed E-state index contributed by atoms with van der Waals surface area (Å²) in [6.45, 7) is 0.925. The van der Waals surface area contributed by atoms with Crippen molar-refractivity contribution in [2.45, 2.75) is 12.6 Å². The summed E-state index contributed by atoms with van der Waals surface area (Å²) in [5, 5.41) is 10.9. The maximum absolute atomic E-state index is 6.16. The topological polar surface area (TPSA) is 86.0 Å². The van der Waals surface area contributed by atoms with E-state index in [9.17, 15) is 0 Å². The number of nitrogens with two attached hydrogens (primary N) is 2. The van der Waals surface area contributed by atoms with Gasteiger partial charge in [0.05, 0.1) is 11.4 Å². The molecule has 0 spiro atoms. The van der Waals surface area contributed by atoms with Gasteiger partial charge in [0.15, 0.2) is 0 Å². The highest BCUT2D eigenvalue weighted by molar-refractivity contribution is 5.95. The lowest BCUT2D eigenvalue weighted by Gasteiger charge is -2.13. The van der Waals surface area contributed by atoms with Crippen molar-refractivity contribution in [3.63, 3.8) is 0 Å². The van der Waals surface area contributed by atoms with Crippen LogP contribution in [0.1, 0.15) is 17.2 Å². The van der Waals surface area contributed by atoms with Gasteiger partial charge in [-0.3, -0.25) is 0 Å². The van der Waals surface area contributed by atoms with Crippen LogP contribution in [-0.4, -0.2) is 6.54 Å². The van der Waals surface area contributed by atoms with Gasteiger partial charge >= 0.3 is 0 Å². The molecule has 150 valence electrons. The van der Waals surface area contributed by atoms with Crippen LogP contribution < -0.4 is 16.2 Å². The van der Waals surface area contributed by atoms with E-state index in [1.807, 2.05) is 91.0 Å². The van der Waals surface area contributed by atoms with E-state index in [0.717, 1.165) is 39.0 Å². The first-order chi connectivity index (χ1) is 14.7. The molecule has 0 aromatic heterocycles. The molecular formula is C25H24N4O. The summed E-state index contributed by atoms with van der Waals surface area (Å²) in [5.74, 6) is 0.795. The maximum Gasteiger partial charge on any atom is 0.119 e. The van der Waals surface area contributed by atoms with Crippen LogP contribution >= 0.6 is 0 Å². The minimum Gasteiger partial charge on any atom is -0.489 e. The summed E-state index contributed by atoms with van der Waals surface area (Å²) >= 11 is 0. The number of nitrogens with zero attached hydrogens (tertiary/aromatic N) is 2. The van der Waals surface area contributed by atoms with Gasteiger partial charge in [0.1, 0.15) is 12.4 Å². The zero-order valence-electron chi connectivity index (χ0n) is 16.6. The third kappa shape index (κ3) is 4.54. The van der Waals surface area contributed by atoms with Crippen molar-refractivity contribution in [3.05, 3.63) is 102 Å². The van der Waals surface area contributed by atoms with E-state index >= 15 is 0 Å². The van der Waals surface area contributed by atoms with Crippen molar-refractivity contribution in [2.75, 3.05) is 6.54 Å². The fourth-order valence-corrected chi connectivity index (χ4v) is 3.31. The van der Waals surface area contributed by atoms with E-state index in [-0.39, 0.29) is 6.04 Å². The van der Waals surface area contributed by atoms with Gasteiger partial charge in [0, 0.05) is 18.0 Å². The SMILES string of the molecule is NCC(N)c1ccc(N=Nc2ccc(OCc3ccccc3)cc2)c2ccccc12. The molecule has 30 heavy (non-hydrogen) atoms. The second kappa shape index (κ2) is 9.31. The van der Waals surface area contributed by atoms with Crippen molar-refractivity contribution in [2.24, 2.45) is 21.7 Å². The molecule has 0 radical (unpaired) electrons. The van der Waals surface area contributed by atoms with Crippen LogP contribution in [-0.2, 0) is 6.61 Å². The standard InChI is InChI=1S/C25H24N4O/c26-16-24(27)22-14-15-25(23-9-5-4-8-21(22)23)29-28-19-10-12-20(13-11-19)30-17-18-6-2-1-3-7-18/h1-15,24H,16-17,26-27H2. The predicted octanol–water partition coefficient (Wildman–Crippen LogP) is 5.79. The number of hydrogen-bond acceptors (Lipinski definition) is 5. The number of azo groups is 1. The second-order valence-corrected chi connectivity index (χ2v) is 7.03. The molecule has 0 saturated heterocycles. The molecule has 1 atom stereocenters. The lowest BCUT2D eigenvalue weighted by Crippen LogP contribution is -2.20. The van der Waals surface area contributed by atoms with E-state index in [1.165, 1.54) is 0 Å². The zero-order valence-corrected chi connectivity index (χ0v) is 16.6. The van der Waals surface area contributed by atoms with Gasteiger partial charge in [0.25, 0.3) is 0 Å². The van der Waals surface area contributed by atoms with Gasteiger partial charge in [0.2, 0.25) is 0 Å². The summed E-state index contributed by atoms with van der Waals surface area (Å²) in [7, 11) is 0. The molecule has 1 unspecified atom stereocenters. The summed E-state index contributed by atoms with van der Waals surface area (Å²) in [5.41, 5.74) is 15.6. The normalized spacial score (nSPS) is 12.3. The number of ether oxygens (including phenoxy) is 1. The van der Waals surface area contributed by atoms with E-state index in [4.69, 9.17) is 16.2 Å². The number of hydrogen-bond donors (Lipinski definition) is 2. The number of fused-ring (bicyclic) bond motifs is 1. The Morgan fingerprint density at radius 1 is 0.733 bits per heavy atom. The molecule has 4 N–H and O–H groups in total. The van der Waals surface area contributed by atoms with Crippen LogP contribution in [0.5, 0.6) is 5.75 Å². The average molecular weight is 396 g/mol. The van der Waals surface area contributed by atoms with E-state index in [0.29, 0.717) is 13.2 Å². The summed E-state index contributed by atoms with van der Waals surface area (Å²) in [6, 6.07) is 29.4. The lowest BCUT2D eigenvalue weighted by molar-refractivity contribution is 0.306. The Morgan fingerprint density at radius 2 is 1.43 bits per heavy atom. The maximum atomic E-state index is 6.16. The molecule has 0 heterocycles. The first-order valence-electron chi connectivity index (χ1n) is 9.90. The van der Waals surface area contributed by atoms with Crippen molar-refractivity contribution in [1.82, 2.24) is 0 Å². The van der Waals surface area contributed by atoms with Crippen molar-refractivity contribution >= 4 is 22.1 Å². The second-order valence-electron chi connectivity index (χ2n) is 7.03. The van der Waals surface area contributed by atoms with Gasteiger partial charge in [-0.1, -0.05) is 60.7 Å². The molecule has 0 amide bonds. The Balaban J connectivity index is 1.50. The van der Waals surface area contributed by atoms with Crippen molar-refractivity contribution in [1.29, 1.82) is 0 Å². The molecule has 5 heteroatoms. The van der Waals surface area contributed by atoms with E-state index in [1.54, 1.807) is 0 Å².